The van der Waals surface area contributed by atoms with Crippen molar-refractivity contribution in [1.82, 2.24) is 14.9 Å². The lowest BCUT2D eigenvalue weighted by molar-refractivity contribution is -0.138. The molecular weight excluding hydrogens is 706 g/mol. The van der Waals surface area contributed by atoms with Gasteiger partial charge < -0.3 is 25.2 Å². The molecule has 0 spiro atoms. The summed E-state index contributed by atoms with van der Waals surface area (Å²) in [5.41, 5.74) is 4.13. The van der Waals surface area contributed by atoms with E-state index >= 15 is 0 Å². The van der Waals surface area contributed by atoms with Crippen LogP contribution >= 0.6 is 46.4 Å². The van der Waals surface area contributed by atoms with Gasteiger partial charge in [-0.2, -0.15) is 0 Å². The zero-order valence-electron chi connectivity index (χ0n) is 27.0. The summed E-state index contributed by atoms with van der Waals surface area (Å²) in [6.07, 6.45) is 2.42. The number of carbonyl (C=O) groups excluding carboxylic acids is 3. The Hall–Kier alpha value is -3.36. The van der Waals surface area contributed by atoms with Crippen molar-refractivity contribution in [2.75, 3.05) is 27.3 Å². The van der Waals surface area contributed by atoms with Crippen LogP contribution in [0.3, 0.4) is 0 Å². The van der Waals surface area contributed by atoms with Gasteiger partial charge in [0.2, 0.25) is 5.78 Å². The van der Waals surface area contributed by atoms with Crippen molar-refractivity contribution in [2.24, 2.45) is 10.7 Å². The molecule has 2 aromatic rings. The van der Waals surface area contributed by atoms with Crippen LogP contribution in [0.5, 0.6) is 0 Å². The highest BCUT2D eigenvalue weighted by atomic mass is 35.5. The van der Waals surface area contributed by atoms with Crippen LogP contribution in [0.15, 0.2) is 34.5 Å². The third-order valence-corrected chi connectivity index (χ3v) is 5.76. The zero-order chi connectivity index (χ0) is 36.6. The number of rotatable bonds is 10. The Morgan fingerprint density at radius 2 is 1.32 bits per heavy atom. The molecule has 47 heavy (non-hydrogen) atoms. The number of aliphatic imine (C=N–C) groups is 1. The van der Waals surface area contributed by atoms with Crippen LogP contribution < -0.4 is 5.73 Å². The molecule has 0 aromatic carbocycles. The van der Waals surface area contributed by atoms with E-state index in [2.05, 4.69) is 15.0 Å². The minimum atomic E-state index is -0.905. The van der Waals surface area contributed by atoms with Crippen LogP contribution in [0.4, 0.5) is 8.78 Å². The first kappa shape index (κ1) is 43.6. The number of ether oxygens (including phenoxy) is 2. The quantitative estimate of drug-likeness (QED) is 0.0383. The van der Waals surface area contributed by atoms with Gasteiger partial charge in [-0.3, -0.25) is 9.79 Å². The number of esters is 2. The van der Waals surface area contributed by atoms with E-state index in [1.807, 2.05) is 13.8 Å². The maximum absolute atomic E-state index is 13.5. The van der Waals surface area contributed by atoms with Crippen LogP contribution in [0, 0.1) is 11.6 Å². The first-order valence-corrected chi connectivity index (χ1v) is 15.3. The molecule has 0 unspecified atom stereocenters. The van der Waals surface area contributed by atoms with Crippen molar-refractivity contribution in [3.05, 3.63) is 72.9 Å². The molecule has 0 aliphatic heterocycles. The fourth-order valence-corrected chi connectivity index (χ4v) is 3.64. The Kier molecular flexibility index (Phi) is 20.0. The Morgan fingerprint density at radius 1 is 0.894 bits per heavy atom. The van der Waals surface area contributed by atoms with E-state index in [-0.39, 0.29) is 51.8 Å². The molecule has 260 valence electrons. The SMILES string of the molecule is CC(C)N.CCOC(=O)/C(=C\N(C)C)C(=O)c1cc(F)c(Cl)nc1Cl.CCOC(=O)C(C=NC(C)C)=C(O)c1cc(F)c(Cl)nc1Cl. The Balaban J connectivity index is 0.000000808. The molecule has 2 rings (SSSR count). The van der Waals surface area contributed by atoms with Gasteiger partial charge in [0, 0.05) is 32.6 Å². The lowest BCUT2D eigenvalue weighted by atomic mass is 10.1. The van der Waals surface area contributed by atoms with Gasteiger partial charge in [-0.25, -0.2) is 28.3 Å². The van der Waals surface area contributed by atoms with Crippen LogP contribution in [0.25, 0.3) is 5.76 Å². The lowest BCUT2D eigenvalue weighted by Crippen LogP contribution is -2.20. The summed E-state index contributed by atoms with van der Waals surface area (Å²) in [4.78, 5) is 48.7. The average molecular weight is 743 g/mol. The van der Waals surface area contributed by atoms with E-state index in [1.54, 1.807) is 41.8 Å². The number of ketones is 1. The van der Waals surface area contributed by atoms with E-state index in [9.17, 15) is 28.3 Å². The van der Waals surface area contributed by atoms with E-state index in [4.69, 9.17) is 61.6 Å². The van der Waals surface area contributed by atoms with Gasteiger partial charge in [0.25, 0.3) is 0 Å². The van der Waals surface area contributed by atoms with Gasteiger partial charge in [0.15, 0.2) is 21.9 Å². The molecule has 0 aliphatic carbocycles. The van der Waals surface area contributed by atoms with Crippen molar-refractivity contribution >= 4 is 76.1 Å². The summed E-state index contributed by atoms with van der Waals surface area (Å²) in [6, 6.07) is 1.94. The van der Waals surface area contributed by atoms with Crippen LogP contribution in [0.1, 0.15) is 57.5 Å². The topological polar surface area (TPSA) is 157 Å². The molecule has 0 aliphatic rings. The standard InChI is InChI=1S/C14H15Cl2FN2O3.C13H13Cl2FN2O3.C3H9N/c1-4-22-14(21)9(6-18-7(2)3)11(20)8-5-10(17)13(16)19-12(8)15;1-4-21-13(20)8(6-18(2)3)10(19)7-5-9(16)12(15)17-11(7)14;1-3(2)4/h5-7,20H,4H2,1-3H3;5-6H,4H2,1-3H3;3H,4H2,1-2H3/b;8-6-;. The van der Waals surface area contributed by atoms with Gasteiger partial charge >= 0.3 is 11.9 Å². The number of carbonyl (C=O) groups is 3. The molecule has 0 radical (unpaired) electrons. The Morgan fingerprint density at radius 3 is 1.74 bits per heavy atom. The largest absolute Gasteiger partial charge is 0.506 e. The Bertz CT molecular complexity index is 1500. The molecule has 0 amide bonds. The summed E-state index contributed by atoms with van der Waals surface area (Å²) in [7, 11) is 3.24. The molecule has 2 heterocycles. The summed E-state index contributed by atoms with van der Waals surface area (Å²) in [5, 5.41) is 8.81. The maximum atomic E-state index is 13.5. The van der Waals surface area contributed by atoms with Crippen molar-refractivity contribution < 1.29 is 37.7 Å². The number of nitrogens with two attached hydrogens (primary N) is 1. The Labute approximate surface area is 292 Å². The molecule has 0 fully saturated rings. The highest BCUT2D eigenvalue weighted by molar-refractivity contribution is 6.37. The van der Waals surface area contributed by atoms with Crippen LogP contribution in [0.2, 0.25) is 20.6 Å². The molecule has 0 bridgehead atoms. The highest BCUT2D eigenvalue weighted by Crippen LogP contribution is 2.27. The van der Waals surface area contributed by atoms with Crippen LogP contribution in [-0.2, 0) is 19.1 Å². The zero-order valence-corrected chi connectivity index (χ0v) is 30.0. The normalized spacial score (nSPS) is 11.7. The third kappa shape index (κ3) is 15.4. The smallest absolute Gasteiger partial charge is 0.343 e. The number of Topliss-reactive ketones (excluding diaryl/α,β-unsaturated/α-hetero) is 1. The van der Waals surface area contributed by atoms with E-state index in [1.165, 1.54) is 11.1 Å². The van der Waals surface area contributed by atoms with Gasteiger partial charge in [0.1, 0.15) is 27.2 Å². The number of aromatic nitrogens is 2. The fourth-order valence-electron chi connectivity index (χ4n) is 2.82. The molecule has 11 nitrogen and oxygen atoms in total. The number of nitrogens with zero attached hydrogens (tertiary/aromatic N) is 4. The second-order valence-electron chi connectivity index (χ2n) is 9.85. The number of aliphatic hydroxyl groups excluding tert-OH is 1. The van der Waals surface area contributed by atoms with Gasteiger partial charge in [-0.15, -0.1) is 0 Å². The van der Waals surface area contributed by atoms with Gasteiger partial charge in [-0.05, 0) is 45.9 Å². The van der Waals surface area contributed by atoms with Crippen LogP contribution in [-0.4, -0.2) is 83.3 Å². The lowest BCUT2D eigenvalue weighted by Gasteiger charge is -2.11. The summed E-state index contributed by atoms with van der Waals surface area (Å²) in [6.45, 7) is 10.9. The van der Waals surface area contributed by atoms with Crippen molar-refractivity contribution in [3.63, 3.8) is 0 Å². The number of pyridine rings is 2. The number of halogens is 6. The fraction of sp³-hybridized carbons (Fsp3) is 0.400. The molecule has 0 atom stereocenters. The first-order valence-electron chi connectivity index (χ1n) is 13.8. The number of hydrogen-bond acceptors (Lipinski definition) is 11. The highest BCUT2D eigenvalue weighted by Gasteiger charge is 2.26. The summed E-state index contributed by atoms with van der Waals surface area (Å²) < 4.78 is 36.6. The second kappa shape index (κ2) is 21.5. The molecule has 17 heteroatoms. The number of hydrogen-bond donors (Lipinski definition) is 2. The molecule has 2 aromatic heterocycles. The third-order valence-electron chi connectivity index (χ3n) is 4.65. The molecule has 0 saturated heterocycles. The second-order valence-corrected chi connectivity index (χ2v) is 11.3. The van der Waals surface area contributed by atoms with Gasteiger partial charge in [0.05, 0.1) is 24.3 Å². The average Bonchev–Trinajstić information content (AvgIpc) is 2.95. The minimum Gasteiger partial charge on any atom is -0.506 e. The van der Waals surface area contributed by atoms with E-state index in [0.717, 1.165) is 18.3 Å². The maximum Gasteiger partial charge on any atom is 0.343 e. The molecule has 0 saturated carbocycles. The van der Waals surface area contributed by atoms with Crippen molar-refractivity contribution in [3.8, 4) is 0 Å². The summed E-state index contributed by atoms with van der Waals surface area (Å²) >= 11 is 22.6. The minimum absolute atomic E-state index is 0.0951. The first-order chi connectivity index (χ1) is 21.8. The predicted molar refractivity (Wildman–Crippen MR) is 180 cm³/mol. The van der Waals surface area contributed by atoms with E-state index < -0.39 is 45.4 Å². The molecular formula is C30H37Cl4F2N5O6. The van der Waals surface area contributed by atoms with Crippen molar-refractivity contribution in [1.29, 1.82) is 0 Å². The predicted octanol–water partition coefficient (Wildman–Crippen LogP) is 6.91. The number of aliphatic hydroxyl groups is 1. The monoisotopic (exact) mass is 741 g/mol. The van der Waals surface area contributed by atoms with Gasteiger partial charge in [-0.1, -0.05) is 60.3 Å². The molecule has 3 N–H and O–H groups in total. The summed E-state index contributed by atoms with van der Waals surface area (Å²) in [5.74, 6) is -4.81. The van der Waals surface area contributed by atoms with E-state index in [0.29, 0.717) is 6.04 Å². The van der Waals surface area contributed by atoms with Crippen molar-refractivity contribution in [2.45, 2.75) is 53.6 Å².